The highest BCUT2D eigenvalue weighted by Crippen LogP contribution is 2.25. The molecule has 0 N–H and O–H groups in total. The Morgan fingerprint density at radius 3 is 2.48 bits per heavy atom. The first-order valence-corrected chi connectivity index (χ1v) is 8.56. The van der Waals surface area contributed by atoms with Crippen molar-refractivity contribution in [1.82, 2.24) is 14.7 Å². The SMILES string of the molecule is CCCCOC(=O)N1CCN(c2cc(C)nn2C(C)(C)C)CC1. The molecule has 0 spiro atoms. The molecule has 0 aliphatic carbocycles. The van der Waals surface area contributed by atoms with Crippen LogP contribution in [0.4, 0.5) is 10.6 Å². The summed E-state index contributed by atoms with van der Waals surface area (Å²) in [5, 5.41) is 4.63. The van der Waals surface area contributed by atoms with Gasteiger partial charge in [-0.05, 0) is 34.1 Å². The molecule has 0 radical (unpaired) electrons. The van der Waals surface area contributed by atoms with E-state index in [1.54, 1.807) is 4.90 Å². The average Bonchev–Trinajstić information content (AvgIpc) is 2.90. The van der Waals surface area contributed by atoms with Crippen LogP contribution in [-0.4, -0.2) is 53.6 Å². The number of unbranched alkanes of at least 4 members (excludes halogenated alkanes) is 1. The second-order valence-corrected chi connectivity index (χ2v) is 7.17. The molecule has 23 heavy (non-hydrogen) atoms. The Morgan fingerprint density at radius 1 is 1.26 bits per heavy atom. The maximum Gasteiger partial charge on any atom is 0.409 e. The van der Waals surface area contributed by atoms with Gasteiger partial charge in [0.15, 0.2) is 0 Å². The summed E-state index contributed by atoms with van der Waals surface area (Å²) in [4.78, 5) is 16.1. The second kappa shape index (κ2) is 7.23. The number of aryl methyl sites for hydroxylation is 1. The molecule has 2 rings (SSSR count). The summed E-state index contributed by atoms with van der Waals surface area (Å²) in [5.74, 6) is 1.13. The molecule has 1 aromatic heterocycles. The number of ether oxygens (including phenoxy) is 1. The van der Waals surface area contributed by atoms with Crippen molar-refractivity contribution in [1.29, 1.82) is 0 Å². The number of anilines is 1. The van der Waals surface area contributed by atoms with Crippen molar-refractivity contribution < 1.29 is 9.53 Å². The highest BCUT2D eigenvalue weighted by molar-refractivity contribution is 5.68. The van der Waals surface area contributed by atoms with Crippen molar-refractivity contribution in [3.05, 3.63) is 11.8 Å². The lowest BCUT2D eigenvalue weighted by atomic mass is 10.1. The van der Waals surface area contributed by atoms with Gasteiger partial charge in [-0.1, -0.05) is 13.3 Å². The molecule has 1 amide bonds. The van der Waals surface area contributed by atoms with Crippen LogP contribution in [0.25, 0.3) is 0 Å². The quantitative estimate of drug-likeness (QED) is 0.800. The maximum atomic E-state index is 12.0. The largest absolute Gasteiger partial charge is 0.449 e. The molecule has 130 valence electrons. The average molecular weight is 322 g/mol. The lowest BCUT2D eigenvalue weighted by molar-refractivity contribution is 0.0987. The van der Waals surface area contributed by atoms with E-state index in [1.807, 2.05) is 6.92 Å². The van der Waals surface area contributed by atoms with Crippen LogP contribution < -0.4 is 4.90 Å². The number of hydrogen-bond acceptors (Lipinski definition) is 4. The summed E-state index contributed by atoms with van der Waals surface area (Å²) in [6.07, 6.45) is 1.78. The highest BCUT2D eigenvalue weighted by atomic mass is 16.6. The van der Waals surface area contributed by atoms with E-state index in [9.17, 15) is 4.79 Å². The molecule has 1 saturated heterocycles. The van der Waals surface area contributed by atoms with Gasteiger partial charge in [0.1, 0.15) is 5.82 Å². The second-order valence-electron chi connectivity index (χ2n) is 7.17. The number of piperazine rings is 1. The molecule has 1 aliphatic rings. The smallest absolute Gasteiger partial charge is 0.409 e. The Kier molecular flexibility index (Phi) is 5.55. The molecule has 1 aliphatic heterocycles. The van der Waals surface area contributed by atoms with Gasteiger partial charge in [0.25, 0.3) is 0 Å². The first-order chi connectivity index (χ1) is 10.8. The molecule has 0 unspecified atom stereocenters. The zero-order valence-electron chi connectivity index (χ0n) is 15.1. The molecule has 6 nitrogen and oxygen atoms in total. The minimum atomic E-state index is -0.182. The van der Waals surface area contributed by atoms with Gasteiger partial charge in [0.05, 0.1) is 17.8 Å². The van der Waals surface area contributed by atoms with Crippen LogP contribution in [0.15, 0.2) is 6.07 Å². The Hall–Kier alpha value is -1.72. The fraction of sp³-hybridized carbons (Fsp3) is 0.765. The predicted molar refractivity (Wildman–Crippen MR) is 92.0 cm³/mol. The van der Waals surface area contributed by atoms with Crippen LogP contribution in [0.1, 0.15) is 46.2 Å². The molecule has 6 heteroatoms. The van der Waals surface area contributed by atoms with Gasteiger partial charge >= 0.3 is 6.09 Å². The molecule has 0 atom stereocenters. The minimum Gasteiger partial charge on any atom is -0.449 e. The van der Waals surface area contributed by atoms with E-state index in [4.69, 9.17) is 4.74 Å². The highest BCUT2D eigenvalue weighted by Gasteiger charge is 2.27. The normalized spacial score (nSPS) is 15.9. The van der Waals surface area contributed by atoms with Crippen molar-refractivity contribution in [2.24, 2.45) is 0 Å². The van der Waals surface area contributed by atoms with Crippen LogP contribution in [0.2, 0.25) is 0 Å². The van der Waals surface area contributed by atoms with E-state index in [2.05, 4.69) is 48.4 Å². The van der Waals surface area contributed by atoms with Crippen molar-refractivity contribution in [2.75, 3.05) is 37.7 Å². The maximum absolute atomic E-state index is 12.0. The Morgan fingerprint density at radius 2 is 1.91 bits per heavy atom. The third-order valence-corrected chi connectivity index (χ3v) is 4.03. The number of amides is 1. The zero-order valence-corrected chi connectivity index (χ0v) is 15.1. The molecule has 0 aromatic carbocycles. The summed E-state index contributed by atoms with van der Waals surface area (Å²) in [7, 11) is 0. The van der Waals surface area contributed by atoms with Crippen LogP contribution in [0.3, 0.4) is 0 Å². The summed E-state index contributed by atoms with van der Waals surface area (Å²) < 4.78 is 7.38. The number of hydrogen-bond donors (Lipinski definition) is 0. The summed E-state index contributed by atoms with van der Waals surface area (Å²) in [5.41, 5.74) is 0.969. The van der Waals surface area contributed by atoms with E-state index < -0.39 is 0 Å². The van der Waals surface area contributed by atoms with E-state index in [0.29, 0.717) is 19.7 Å². The molecule has 2 heterocycles. The first kappa shape index (κ1) is 17.6. The van der Waals surface area contributed by atoms with Gasteiger partial charge in [-0.15, -0.1) is 0 Å². The standard InChI is InChI=1S/C17H30N4O2/c1-6-7-12-23-16(22)20-10-8-19(9-11-20)15-13-14(2)18-21(15)17(3,4)5/h13H,6-12H2,1-5H3. The van der Waals surface area contributed by atoms with Gasteiger partial charge in [-0.2, -0.15) is 5.10 Å². The third kappa shape index (κ3) is 4.39. The third-order valence-electron chi connectivity index (χ3n) is 4.03. The number of nitrogens with zero attached hydrogens (tertiary/aromatic N) is 4. The number of aromatic nitrogens is 2. The van der Waals surface area contributed by atoms with Crippen molar-refractivity contribution in [3.63, 3.8) is 0 Å². The van der Waals surface area contributed by atoms with Crippen molar-refractivity contribution in [2.45, 2.75) is 53.0 Å². The summed E-state index contributed by atoms with van der Waals surface area (Å²) in [6.45, 7) is 14.1. The van der Waals surface area contributed by atoms with Crippen molar-refractivity contribution >= 4 is 11.9 Å². The predicted octanol–water partition coefficient (Wildman–Crippen LogP) is 3.01. The van der Waals surface area contributed by atoms with Crippen molar-refractivity contribution in [3.8, 4) is 0 Å². The molecule has 1 fully saturated rings. The zero-order chi connectivity index (χ0) is 17.0. The Labute approximate surface area is 139 Å². The van der Waals surface area contributed by atoms with Gasteiger partial charge in [0, 0.05) is 32.2 Å². The minimum absolute atomic E-state index is 0.0557. The van der Waals surface area contributed by atoms with Gasteiger partial charge in [-0.3, -0.25) is 0 Å². The molecular formula is C17H30N4O2. The number of rotatable bonds is 4. The molecule has 0 bridgehead atoms. The summed E-state index contributed by atoms with van der Waals surface area (Å²) in [6, 6.07) is 2.13. The number of carbonyl (C=O) groups is 1. The lowest BCUT2D eigenvalue weighted by Gasteiger charge is -2.37. The Balaban J connectivity index is 1.96. The first-order valence-electron chi connectivity index (χ1n) is 8.56. The van der Waals surface area contributed by atoms with Gasteiger partial charge in [0.2, 0.25) is 0 Å². The Bertz CT molecular complexity index is 525. The molecular weight excluding hydrogens is 292 g/mol. The van der Waals surface area contributed by atoms with E-state index in [0.717, 1.165) is 37.4 Å². The van der Waals surface area contributed by atoms with Crippen LogP contribution in [0, 0.1) is 6.92 Å². The molecule has 1 aromatic rings. The fourth-order valence-corrected chi connectivity index (χ4v) is 2.72. The van der Waals surface area contributed by atoms with E-state index >= 15 is 0 Å². The van der Waals surface area contributed by atoms with E-state index in [1.165, 1.54) is 0 Å². The number of carbonyl (C=O) groups excluding carboxylic acids is 1. The van der Waals surface area contributed by atoms with Crippen LogP contribution >= 0.6 is 0 Å². The topological polar surface area (TPSA) is 50.6 Å². The van der Waals surface area contributed by atoms with E-state index in [-0.39, 0.29) is 11.6 Å². The fourth-order valence-electron chi connectivity index (χ4n) is 2.72. The van der Waals surface area contributed by atoms with Crippen LogP contribution in [-0.2, 0) is 10.3 Å². The monoisotopic (exact) mass is 322 g/mol. The lowest BCUT2D eigenvalue weighted by Crippen LogP contribution is -2.50. The van der Waals surface area contributed by atoms with Gasteiger partial charge in [-0.25, -0.2) is 9.48 Å². The van der Waals surface area contributed by atoms with Gasteiger partial charge < -0.3 is 14.5 Å². The molecule has 0 saturated carbocycles. The summed E-state index contributed by atoms with van der Waals surface area (Å²) >= 11 is 0. The van der Waals surface area contributed by atoms with Crippen LogP contribution in [0.5, 0.6) is 0 Å².